The molecule has 3 fully saturated rings. The van der Waals surface area contributed by atoms with Crippen molar-refractivity contribution in [1.82, 2.24) is 5.32 Å². The molecule has 3 saturated heterocycles. The zero-order valence-corrected chi connectivity index (χ0v) is 11.2. The highest BCUT2D eigenvalue weighted by Gasteiger charge is 2.42. The van der Waals surface area contributed by atoms with E-state index < -0.39 is 5.97 Å². The highest BCUT2D eigenvalue weighted by Crippen LogP contribution is 2.27. The molecule has 0 aromatic carbocycles. The third-order valence-electron chi connectivity index (χ3n) is 4.51. The average Bonchev–Trinajstić information content (AvgIpc) is 2.43. The topological polar surface area (TPSA) is 73.7 Å². The van der Waals surface area contributed by atoms with Crippen LogP contribution in [0.3, 0.4) is 0 Å². The molecular formula is C14H22N2O3. The molecule has 2 bridgehead atoms. The van der Waals surface area contributed by atoms with Crippen LogP contribution in [0.15, 0.2) is 12.7 Å². The predicted octanol–water partition coefficient (Wildman–Crippen LogP) is -1.89. The smallest absolute Gasteiger partial charge is 0.220 e. The highest BCUT2D eigenvalue weighted by atomic mass is 16.4. The normalized spacial score (nSPS) is 32.8. The lowest BCUT2D eigenvalue weighted by Gasteiger charge is -2.46. The molecule has 0 spiro atoms. The van der Waals surface area contributed by atoms with Gasteiger partial charge in [0.2, 0.25) is 5.91 Å². The Labute approximate surface area is 113 Å². The van der Waals surface area contributed by atoms with Crippen LogP contribution >= 0.6 is 0 Å². The van der Waals surface area contributed by atoms with Crippen molar-refractivity contribution in [3.63, 3.8) is 0 Å². The van der Waals surface area contributed by atoms with Crippen molar-refractivity contribution in [2.24, 2.45) is 11.8 Å². The van der Waals surface area contributed by atoms with E-state index in [1.807, 2.05) is 0 Å². The Bertz CT molecular complexity index is 370. The summed E-state index contributed by atoms with van der Waals surface area (Å²) in [5.41, 5.74) is 0. The minimum Gasteiger partial charge on any atom is -0.550 e. The van der Waals surface area contributed by atoms with E-state index in [2.05, 4.69) is 18.0 Å². The molecule has 0 aromatic rings. The summed E-state index contributed by atoms with van der Waals surface area (Å²) in [5, 5.41) is 13.1. The molecule has 3 aliphatic heterocycles. The van der Waals surface area contributed by atoms with Crippen LogP contribution in [0.5, 0.6) is 0 Å². The Morgan fingerprint density at radius 3 is 2.79 bits per heavy atom. The molecule has 4 atom stereocenters. The zero-order chi connectivity index (χ0) is 13.8. The Kier molecular flexibility index (Phi) is 4.58. The van der Waals surface area contributed by atoms with Crippen molar-refractivity contribution in [1.29, 1.82) is 0 Å². The van der Waals surface area contributed by atoms with Crippen molar-refractivity contribution >= 4 is 11.9 Å². The number of carboxylic acid groups (broad SMARTS) is 1. The van der Waals surface area contributed by atoms with Crippen LogP contribution in [-0.2, 0) is 9.59 Å². The lowest BCUT2D eigenvalue weighted by molar-refractivity contribution is -0.944. The van der Waals surface area contributed by atoms with Crippen LogP contribution in [0.4, 0.5) is 0 Å². The van der Waals surface area contributed by atoms with Gasteiger partial charge >= 0.3 is 0 Å². The molecule has 0 saturated carbocycles. The lowest BCUT2D eigenvalue weighted by atomic mass is 9.75. The fourth-order valence-corrected chi connectivity index (χ4v) is 3.40. The van der Waals surface area contributed by atoms with Gasteiger partial charge in [-0.25, -0.2) is 0 Å². The molecule has 3 heterocycles. The van der Waals surface area contributed by atoms with Crippen LogP contribution in [0.25, 0.3) is 0 Å². The number of carbonyl (C=O) groups is 2. The van der Waals surface area contributed by atoms with E-state index in [0.29, 0.717) is 24.4 Å². The van der Waals surface area contributed by atoms with Gasteiger partial charge in [-0.15, -0.1) is 6.58 Å². The quantitative estimate of drug-likeness (QED) is 0.552. The van der Waals surface area contributed by atoms with E-state index in [4.69, 9.17) is 0 Å². The standard InChI is InChI=1S/C14H22N2O3/c1-2-10-9-16-6-5-11(10)7-12(16)8-15-13(17)3-4-14(18)19/h2,10-12H,1,3-9H2,(H,15,17)(H,18,19)/t10-,11+,12+/m0/s1. The van der Waals surface area contributed by atoms with Crippen molar-refractivity contribution in [2.45, 2.75) is 31.7 Å². The Morgan fingerprint density at radius 1 is 1.42 bits per heavy atom. The summed E-state index contributed by atoms with van der Waals surface area (Å²) in [6.45, 7) is 6.85. The van der Waals surface area contributed by atoms with Crippen LogP contribution in [0.2, 0.25) is 0 Å². The first-order valence-electron chi connectivity index (χ1n) is 7.03. The predicted molar refractivity (Wildman–Crippen MR) is 68.1 cm³/mol. The number of fused-ring (bicyclic) bond motifs is 3. The second-order valence-electron chi connectivity index (χ2n) is 5.67. The number of amides is 1. The molecule has 0 aromatic heterocycles. The molecule has 2 N–H and O–H groups in total. The van der Waals surface area contributed by atoms with Crippen molar-refractivity contribution < 1.29 is 19.6 Å². The molecule has 106 valence electrons. The second-order valence-corrected chi connectivity index (χ2v) is 5.67. The summed E-state index contributed by atoms with van der Waals surface area (Å²) in [6.07, 6.45) is 4.27. The summed E-state index contributed by atoms with van der Waals surface area (Å²) in [4.78, 5) is 23.3. The summed E-state index contributed by atoms with van der Waals surface area (Å²) in [7, 11) is 0. The van der Waals surface area contributed by atoms with Gasteiger partial charge in [0, 0.05) is 31.1 Å². The lowest BCUT2D eigenvalue weighted by Crippen LogP contribution is -3.20. The first kappa shape index (κ1) is 14.1. The summed E-state index contributed by atoms with van der Waals surface area (Å²) >= 11 is 0. The fourth-order valence-electron chi connectivity index (χ4n) is 3.40. The molecule has 1 unspecified atom stereocenters. The van der Waals surface area contributed by atoms with Crippen molar-refractivity contribution in [3.05, 3.63) is 12.7 Å². The minimum absolute atomic E-state index is 0.0170. The number of carbonyl (C=O) groups excluding carboxylic acids is 2. The number of aliphatic carboxylic acids is 1. The second kappa shape index (κ2) is 6.19. The number of rotatable bonds is 6. The maximum atomic E-state index is 11.5. The highest BCUT2D eigenvalue weighted by molar-refractivity contribution is 5.79. The van der Waals surface area contributed by atoms with E-state index in [0.717, 1.165) is 13.0 Å². The first-order valence-corrected chi connectivity index (χ1v) is 7.03. The van der Waals surface area contributed by atoms with E-state index in [1.54, 1.807) is 4.90 Å². The van der Waals surface area contributed by atoms with Gasteiger partial charge < -0.3 is 20.1 Å². The zero-order valence-electron chi connectivity index (χ0n) is 11.2. The van der Waals surface area contributed by atoms with Gasteiger partial charge in [0.15, 0.2) is 0 Å². The van der Waals surface area contributed by atoms with Gasteiger partial charge in [0.25, 0.3) is 0 Å². The molecular weight excluding hydrogens is 244 g/mol. The van der Waals surface area contributed by atoms with E-state index >= 15 is 0 Å². The Morgan fingerprint density at radius 2 is 2.21 bits per heavy atom. The first-order chi connectivity index (χ1) is 9.10. The third-order valence-corrected chi connectivity index (χ3v) is 4.51. The summed E-state index contributed by atoms with van der Waals surface area (Å²) in [6, 6.07) is 0.474. The summed E-state index contributed by atoms with van der Waals surface area (Å²) < 4.78 is 0. The third kappa shape index (κ3) is 3.56. The van der Waals surface area contributed by atoms with Crippen molar-refractivity contribution in [2.75, 3.05) is 19.6 Å². The molecule has 0 radical (unpaired) electrons. The maximum absolute atomic E-state index is 11.5. The number of piperidine rings is 3. The van der Waals surface area contributed by atoms with E-state index in [1.165, 1.54) is 13.0 Å². The van der Waals surface area contributed by atoms with Crippen LogP contribution in [0, 0.1) is 11.8 Å². The number of quaternary nitrogens is 1. The monoisotopic (exact) mass is 266 g/mol. The number of nitrogens with one attached hydrogen (secondary N) is 2. The van der Waals surface area contributed by atoms with Gasteiger partial charge in [0.1, 0.15) is 6.04 Å². The number of hydrogen-bond donors (Lipinski definition) is 2. The largest absolute Gasteiger partial charge is 0.550 e. The number of hydrogen-bond acceptors (Lipinski definition) is 3. The molecule has 3 rings (SSSR count). The average molecular weight is 266 g/mol. The van der Waals surface area contributed by atoms with Crippen LogP contribution in [-0.4, -0.2) is 37.6 Å². The molecule has 1 amide bonds. The maximum Gasteiger partial charge on any atom is 0.220 e. The summed E-state index contributed by atoms with van der Waals surface area (Å²) in [5.74, 6) is -0.0319. The van der Waals surface area contributed by atoms with E-state index in [9.17, 15) is 14.7 Å². The number of carboxylic acids is 1. The Hall–Kier alpha value is -1.36. The molecule has 5 nitrogen and oxygen atoms in total. The fraction of sp³-hybridized carbons (Fsp3) is 0.714. The van der Waals surface area contributed by atoms with Gasteiger partial charge in [-0.05, 0) is 12.3 Å². The SMILES string of the molecule is C=C[C@H]1C[NH+]2CC[C@@H]1C[C@@H]2CNC(=O)CCC(=O)[O-]. The molecule has 3 aliphatic rings. The van der Waals surface area contributed by atoms with Crippen LogP contribution in [0.1, 0.15) is 25.7 Å². The van der Waals surface area contributed by atoms with Gasteiger partial charge in [0.05, 0.1) is 19.6 Å². The van der Waals surface area contributed by atoms with Gasteiger partial charge in [-0.3, -0.25) is 4.79 Å². The molecule has 19 heavy (non-hydrogen) atoms. The Balaban J connectivity index is 1.74. The van der Waals surface area contributed by atoms with Gasteiger partial charge in [-0.2, -0.15) is 0 Å². The minimum atomic E-state index is -1.17. The van der Waals surface area contributed by atoms with Crippen molar-refractivity contribution in [3.8, 4) is 0 Å². The van der Waals surface area contributed by atoms with Gasteiger partial charge in [-0.1, -0.05) is 6.08 Å². The van der Waals surface area contributed by atoms with E-state index in [-0.39, 0.29) is 18.7 Å². The molecule has 5 heteroatoms. The van der Waals surface area contributed by atoms with Crippen LogP contribution < -0.4 is 15.3 Å². The molecule has 0 aliphatic carbocycles.